The Kier molecular flexibility index (Phi) is 5.93. The molecule has 1 N–H and O–H groups in total. The summed E-state index contributed by atoms with van der Waals surface area (Å²) in [6, 6.07) is -0.0710. The summed E-state index contributed by atoms with van der Waals surface area (Å²) in [7, 11) is 0. The van der Waals surface area contributed by atoms with Crippen LogP contribution in [-0.4, -0.2) is 33.8 Å². The second-order valence-electron chi connectivity index (χ2n) is 15.9. The number of rotatable bonds is 3. The molecule has 5 nitrogen and oxygen atoms in total. The molecule has 8 aliphatic rings. The van der Waals surface area contributed by atoms with E-state index in [1.165, 1.54) is 30.4 Å². The lowest BCUT2D eigenvalue weighted by atomic mass is 9.34. The second-order valence-corrected chi connectivity index (χ2v) is 15.9. The number of carbonyl (C=O) groups is 3. The van der Waals surface area contributed by atoms with E-state index in [4.69, 9.17) is 0 Å². The summed E-state index contributed by atoms with van der Waals surface area (Å²) >= 11 is 0. The number of carboxylic acids is 1. The summed E-state index contributed by atoms with van der Waals surface area (Å²) in [5, 5.41) is 10.4. The molecule has 11 atom stereocenters. The van der Waals surface area contributed by atoms with Crippen LogP contribution in [0, 0.1) is 63.6 Å². The monoisotopic (exact) mass is 547 g/mol. The molecule has 0 aromatic rings. The van der Waals surface area contributed by atoms with Crippen LogP contribution in [0.15, 0.2) is 23.3 Å². The fourth-order valence-electron chi connectivity index (χ4n) is 12.4. The lowest BCUT2D eigenvalue weighted by Gasteiger charge is -2.68. The maximum absolute atomic E-state index is 14.8. The summed E-state index contributed by atoms with van der Waals surface area (Å²) in [5.41, 5.74) is 1.45. The fraction of sp³-hybridized carbons (Fsp3) is 0.800. The summed E-state index contributed by atoms with van der Waals surface area (Å²) in [5.74, 6) is 0.849. The van der Waals surface area contributed by atoms with Crippen LogP contribution < -0.4 is 0 Å². The molecule has 5 heteroatoms. The number of amides is 2. The van der Waals surface area contributed by atoms with Gasteiger partial charge in [0.25, 0.3) is 0 Å². The van der Waals surface area contributed by atoms with Gasteiger partial charge in [0.15, 0.2) is 0 Å². The Balaban J connectivity index is 1.33. The molecule has 2 amide bonds. The van der Waals surface area contributed by atoms with Gasteiger partial charge >= 0.3 is 5.97 Å². The molecule has 1 aliphatic heterocycles. The summed E-state index contributed by atoms with van der Waals surface area (Å²) in [6.07, 6.45) is 16.0. The van der Waals surface area contributed by atoms with E-state index in [9.17, 15) is 19.5 Å². The maximum atomic E-state index is 14.8. The van der Waals surface area contributed by atoms with Crippen molar-refractivity contribution in [2.24, 2.45) is 63.6 Å². The van der Waals surface area contributed by atoms with Crippen molar-refractivity contribution in [3.63, 3.8) is 0 Å². The molecule has 40 heavy (non-hydrogen) atoms. The predicted molar refractivity (Wildman–Crippen MR) is 154 cm³/mol. The van der Waals surface area contributed by atoms with Crippen molar-refractivity contribution < 1.29 is 19.5 Å². The average molecular weight is 548 g/mol. The van der Waals surface area contributed by atoms with Crippen LogP contribution in [0.5, 0.6) is 0 Å². The van der Waals surface area contributed by atoms with E-state index in [2.05, 4.69) is 39.8 Å². The number of fused-ring (bicyclic) bond motifs is 2. The van der Waals surface area contributed by atoms with Crippen LogP contribution >= 0.6 is 0 Å². The highest BCUT2D eigenvalue weighted by atomic mass is 16.4. The largest absolute Gasteiger partial charge is 0.481 e. The van der Waals surface area contributed by atoms with E-state index in [1.807, 2.05) is 11.8 Å². The van der Waals surface area contributed by atoms with Gasteiger partial charge in [0, 0.05) is 5.41 Å². The third-order valence-electron chi connectivity index (χ3n) is 14.1. The normalized spacial score (nSPS) is 49.6. The second kappa shape index (κ2) is 8.80. The van der Waals surface area contributed by atoms with Gasteiger partial charge in [0.1, 0.15) is 0 Å². The SMILES string of the molecule is CC1=CCC2CCCCC2C1N1C(=O)[C@@H]2[C@@H]3C[C@@H]4[C@@]5(C)CCC[C@@](C)(C(=O)O)[C@@H]5CC[C@]4(C=C3C(C)C)[C@@H]2C1=O. The van der Waals surface area contributed by atoms with Crippen LogP contribution in [0.2, 0.25) is 0 Å². The van der Waals surface area contributed by atoms with E-state index in [1.54, 1.807) is 0 Å². The number of allylic oxidation sites excluding steroid dienone is 3. The van der Waals surface area contributed by atoms with Crippen LogP contribution in [0.25, 0.3) is 0 Å². The molecule has 0 aromatic carbocycles. The number of hydrogen-bond acceptors (Lipinski definition) is 3. The lowest BCUT2D eigenvalue weighted by Crippen LogP contribution is -2.65. The van der Waals surface area contributed by atoms with Gasteiger partial charge in [-0.1, -0.05) is 63.3 Å². The van der Waals surface area contributed by atoms with Crippen LogP contribution in [0.4, 0.5) is 0 Å². The first-order valence-electron chi connectivity index (χ1n) is 16.5. The Morgan fingerprint density at radius 1 is 1.00 bits per heavy atom. The number of carbonyl (C=O) groups excluding carboxylic acids is 2. The van der Waals surface area contributed by atoms with Gasteiger partial charge in [-0.15, -0.1) is 0 Å². The van der Waals surface area contributed by atoms with Crippen LogP contribution in [0.1, 0.15) is 105 Å². The minimum absolute atomic E-state index is 0.0710. The summed E-state index contributed by atoms with van der Waals surface area (Å²) < 4.78 is 0. The topological polar surface area (TPSA) is 74.7 Å². The van der Waals surface area contributed by atoms with Gasteiger partial charge in [-0.25, -0.2) is 0 Å². The van der Waals surface area contributed by atoms with Crippen molar-refractivity contribution >= 4 is 17.8 Å². The molecule has 218 valence electrons. The van der Waals surface area contributed by atoms with Gasteiger partial charge in [-0.3, -0.25) is 19.3 Å². The Hall–Kier alpha value is -1.91. The molecule has 0 aromatic heterocycles. The average Bonchev–Trinajstić information content (AvgIpc) is 3.19. The van der Waals surface area contributed by atoms with Gasteiger partial charge < -0.3 is 5.11 Å². The summed E-state index contributed by atoms with van der Waals surface area (Å²) in [6.45, 7) is 11.0. The van der Waals surface area contributed by atoms with Crippen molar-refractivity contribution in [2.75, 3.05) is 0 Å². The predicted octanol–water partition coefficient (Wildman–Crippen LogP) is 7.02. The quantitative estimate of drug-likeness (QED) is 0.304. The molecule has 1 saturated heterocycles. The van der Waals surface area contributed by atoms with E-state index in [0.717, 1.165) is 51.4 Å². The molecule has 7 aliphatic carbocycles. The molecule has 2 bridgehead atoms. The van der Waals surface area contributed by atoms with E-state index < -0.39 is 11.4 Å². The zero-order valence-electron chi connectivity index (χ0n) is 25.2. The molecular formula is C35H49NO4. The Morgan fingerprint density at radius 3 is 2.48 bits per heavy atom. The highest BCUT2D eigenvalue weighted by Crippen LogP contribution is 2.74. The Labute approximate surface area is 240 Å². The van der Waals surface area contributed by atoms with Gasteiger partial charge in [-0.05, 0) is 106 Å². The maximum Gasteiger partial charge on any atom is 0.309 e. The fourth-order valence-corrected chi connectivity index (χ4v) is 12.4. The van der Waals surface area contributed by atoms with Crippen LogP contribution in [-0.2, 0) is 14.4 Å². The molecule has 5 fully saturated rings. The number of carboxylic acid groups (broad SMARTS) is 1. The van der Waals surface area contributed by atoms with Gasteiger partial charge in [0.05, 0.1) is 23.3 Å². The lowest BCUT2D eigenvalue weighted by molar-refractivity contribution is -0.194. The first kappa shape index (κ1) is 27.0. The number of nitrogens with zero attached hydrogens (tertiary/aromatic N) is 1. The Bertz CT molecular complexity index is 1220. The minimum Gasteiger partial charge on any atom is -0.481 e. The number of likely N-dealkylation sites (tertiary alicyclic amines) is 1. The molecule has 3 unspecified atom stereocenters. The first-order chi connectivity index (χ1) is 19.0. The zero-order valence-corrected chi connectivity index (χ0v) is 25.2. The van der Waals surface area contributed by atoms with E-state index in [0.29, 0.717) is 17.8 Å². The number of hydrogen-bond donors (Lipinski definition) is 1. The van der Waals surface area contributed by atoms with Crippen molar-refractivity contribution in [2.45, 2.75) is 111 Å². The highest BCUT2D eigenvalue weighted by molar-refractivity contribution is 6.07. The van der Waals surface area contributed by atoms with Crippen molar-refractivity contribution in [3.8, 4) is 0 Å². The van der Waals surface area contributed by atoms with Crippen molar-refractivity contribution in [3.05, 3.63) is 23.3 Å². The molecule has 1 spiro atoms. The van der Waals surface area contributed by atoms with Crippen molar-refractivity contribution in [1.29, 1.82) is 0 Å². The Morgan fingerprint density at radius 2 is 1.75 bits per heavy atom. The first-order valence-corrected chi connectivity index (χ1v) is 16.5. The number of imide groups is 1. The smallest absolute Gasteiger partial charge is 0.309 e. The molecule has 8 rings (SSSR count). The highest BCUT2D eigenvalue weighted by Gasteiger charge is 2.74. The third-order valence-corrected chi connectivity index (χ3v) is 14.1. The molecule has 4 saturated carbocycles. The third kappa shape index (κ3) is 3.24. The van der Waals surface area contributed by atoms with Gasteiger partial charge in [0.2, 0.25) is 11.8 Å². The van der Waals surface area contributed by atoms with E-state index in [-0.39, 0.29) is 58.3 Å². The summed E-state index contributed by atoms with van der Waals surface area (Å²) in [4.78, 5) is 43.9. The zero-order chi connectivity index (χ0) is 28.4. The minimum atomic E-state index is -0.711. The molecule has 1 heterocycles. The van der Waals surface area contributed by atoms with E-state index >= 15 is 0 Å². The molecule has 0 radical (unpaired) electrons. The standard InChI is InChI=1S/C35H49NO4/c1-19(2)24-18-35-16-13-25-33(4,14-8-15-34(25,5)32(39)40)26(35)17-23(24)27-28(35)31(38)36(30(27)37)29-20(3)11-12-21-9-6-7-10-22(21)29/h11,18-19,21-23,25-29H,6-10,12-17H2,1-5H3,(H,39,40)/t21?,22?,23-,25-,26-,27-,28+,29?,33+,34-,35-/m1/s1. The van der Waals surface area contributed by atoms with Gasteiger partial charge in [-0.2, -0.15) is 0 Å². The van der Waals surface area contributed by atoms with Crippen molar-refractivity contribution in [1.82, 2.24) is 4.90 Å². The van der Waals surface area contributed by atoms with Crippen LogP contribution in [0.3, 0.4) is 0 Å². The molecular weight excluding hydrogens is 498 g/mol. The number of aliphatic carboxylic acids is 1.